The summed E-state index contributed by atoms with van der Waals surface area (Å²) in [6.07, 6.45) is 2.93. The molecule has 0 radical (unpaired) electrons. The van der Waals surface area contributed by atoms with Crippen LogP contribution < -0.4 is 0 Å². The van der Waals surface area contributed by atoms with Crippen LogP contribution in [0.4, 0.5) is 0 Å². The first-order chi connectivity index (χ1) is 9.46. The number of fused-ring (bicyclic) bond motifs is 1. The van der Waals surface area contributed by atoms with Crippen LogP contribution in [0.3, 0.4) is 0 Å². The van der Waals surface area contributed by atoms with Gasteiger partial charge in [0.2, 0.25) is 0 Å². The Bertz CT molecular complexity index is 696. The summed E-state index contributed by atoms with van der Waals surface area (Å²) in [7, 11) is 0. The fourth-order valence-corrected chi connectivity index (χ4v) is 2.77. The summed E-state index contributed by atoms with van der Waals surface area (Å²) in [5, 5.41) is 0. The zero-order valence-corrected chi connectivity index (χ0v) is 12.6. The molecule has 1 aromatic carbocycles. The molecular weight excluding hydrogens is 244 g/mol. The highest BCUT2D eigenvalue weighted by atomic mass is 14.9. The van der Waals surface area contributed by atoms with E-state index in [4.69, 9.17) is 4.99 Å². The Hall–Kier alpha value is -1.96. The maximum atomic E-state index is 4.97. The summed E-state index contributed by atoms with van der Waals surface area (Å²) >= 11 is 0. The molecule has 0 aliphatic carbocycles. The minimum atomic E-state index is -0.0531. The van der Waals surface area contributed by atoms with Gasteiger partial charge in [-0.1, -0.05) is 24.3 Å². The molecule has 0 bridgehead atoms. The highest BCUT2D eigenvalue weighted by Crippen LogP contribution is 2.29. The quantitative estimate of drug-likeness (QED) is 0.767. The van der Waals surface area contributed by atoms with Crippen LogP contribution in [0.25, 0.3) is 0 Å². The molecule has 1 aliphatic rings. The lowest BCUT2D eigenvalue weighted by atomic mass is 9.85. The van der Waals surface area contributed by atoms with Gasteiger partial charge in [0.25, 0.3) is 0 Å². The zero-order chi connectivity index (χ0) is 14.3. The van der Waals surface area contributed by atoms with Gasteiger partial charge in [0.15, 0.2) is 0 Å². The summed E-state index contributed by atoms with van der Waals surface area (Å²) in [5.41, 5.74) is 7.06. The molecule has 102 valence electrons. The number of rotatable bonds is 1. The molecule has 0 saturated carbocycles. The summed E-state index contributed by atoms with van der Waals surface area (Å²) < 4.78 is 0. The Morgan fingerprint density at radius 1 is 1.10 bits per heavy atom. The number of aliphatic imine (C=N–C) groups is 1. The van der Waals surface area contributed by atoms with Crippen molar-refractivity contribution in [2.75, 3.05) is 0 Å². The lowest BCUT2D eigenvalue weighted by Crippen LogP contribution is -2.29. The van der Waals surface area contributed by atoms with E-state index in [0.29, 0.717) is 0 Å². The monoisotopic (exact) mass is 264 g/mol. The van der Waals surface area contributed by atoms with Gasteiger partial charge in [-0.05, 0) is 51.3 Å². The Kier molecular flexibility index (Phi) is 2.97. The standard InChI is InChI=1S/C18H20N2/c1-12-9-15(11-19-13(12)2)17-16-8-6-5-7-14(16)10-18(3,4)20-17/h5-9,11H,10H2,1-4H3. The number of aromatic nitrogens is 1. The molecule has 0 spiro atoms. The van der Waals surface area contributed by atoms with Crippen molar-refractivity contribution < 1.29 is 0 Å². The topological polar surface area (TPSA) is 25.2 Å². The van der Waals surface area contributed by atoms with Crippen LogP contribution in [0, 0.1) is 13.8 Å². The largest absolute Gasteiger partial charge is 0.278 e. The van der Waals surface area contributed by atoms with Crippen molar-refractivity contribution in [3.05, 3.63) is 64.5 Å². The average Bonchev–Trinajstić information content (AvgIpc) is 2.40. The molecule has 0 fully saturated rings. The molecule has 2 heterocycles. The van der Waals surface area contributed by atoms with Crippen LogP contribution in [0.5, 0.6) is 0 Å². The maximum absolute atomic E-state index is 4.97. The molecule has 1 aliphatic heterocycles. The molecule has 2 nitrogen and oxygen atoms in total. The zero-order valence-electron chi connectivity index (χ0n) is 12.6. The Balaban J connectivity index is 2.19. The van der Waals surface area contributed by atoms with E-state index in [-0.39, 0.29) is 5.54 Å². The second-order valence-electron chi connectivity index (χ2n) is 6.23. The van der Waals surface area contributed by atoms with Crippen LogP contribution in [-0.2, 0) is 6.42 Å². The molecule has 3 rings (SSSR count). The number of hydrogen-bond acceptors (Lipinski definition) is 2. The van der Waals surface area contributed by atoms with Gasteiger partial charge in [-0.2, -0.15) is 0 Å². The highest BCUT2D eigenvalue weighted by molar-refractivity contribution is 6.14. The maximum Gasteiger partial charge on any atom is 0.0744 e. The van der Waals surface area contributed by atoms with Crippen LogP contribution in [0.1, 0.15) is 41.8 Å². The highest BCUT2D eigenvalue weighted by Gasteiger charge is 2.27. The second-order valence-corrected chi connectivity index (χ2v) is 6.23. The predicted octanol–water partition coefficient (Wildman–Crippen LogP) is 3.87. The normalized spacial score (nSPS) is 16.5. The van der Waals surface area contributed by atoms with E-state index in [1.165, 1.54) is 16.7 Å². The van der Waals surface area contributed by atoms with Gasteiger partial charge in [0.05, 0.1) is 11.3 Å². The molecular formula is C18H20N2. The molecule has 0 N–H and O–H groups in total. The minimum Gasteiger partial charge on any atom is -0.278 e. The average molecular weight is 264 g/mol. The number of nitrogens with zero attached hydrogens (tertiary/aromatic N) is 2. The van der Waals surface area contributed by atoms with Gasteiger partial charge in [0.1, 0.15) is 0 Å². The van der Waals surface area contributed by atoms with E-state index in [0.717, 1.165) is 23.4 Å². The Morgan fingerprint density at radius 3 is 2.60 bits per heavy atom. The number of hydrogen-bond donors (Lipinski definition) is 0. The van der Waals surface area contributed by atoms with Crippen molar-refractivity contribution in [1.29, 1.82) is 0 Å². The smallest absolute Gasteiger partial charge is 0.0744 e. The van der Waals surface area contributed by atoms with Crippen molar-refractivity contribution in [3.8, 4) is 0 Å². The molecule has 2 heteroatoms. The molecule has 2 aromatic rings. The number of benzene rings is 1. The lowest BCUT2D eigenvalue weighted by molar-refractivity contribution is 0.513. The van der Waals surface area contributed by atoms with E-state index < -0.39 is 0 Å². The van der Waals surface area contributed by atoms with Gasteiger partial charge >= 0.3 is 0 Å². The molecule has 0 atom stereocenters. The number of pyridine rings is 1. The fourth-order valence-electron chi connectivity index (χ4n) is 2.77. The summed E-state index contributed by atoms with van der Waals surface area (Å²) in [5.74, 6) is 0. The van der Waals surface area contributed by atoms with Crippen LogP contribution in [0.2, 0.25) is 0 Å². The predicted molar refractivity (Wildman–Crippen MR) is 83.6 cm³/mol. The number of aryl methyl sites for hydroxylation is 2. The third kappa shape index (κ3) is 2.26. The van der Waals surface area contributed by atoms with Gasteiger partial charge in [-0.3, -0.25) is 9.98 Å². The first-order valence-corrected chi connectivity index (χ1v) is 7.08. The molecule has 0 unspecified atom stereocenters. The molecule has 0 amide bonds. The first kappa shape index (κ1) is 13.0. The van der Waals surface area contributed by atoms with Gasteiger partial charge in [0, 0.05) is 23.0 Å². The SMILES string of the molecule is Cc1cc(C2=NC(C)(C)Cc3ccccc32)cnc1C. The van der Waals surface area contributed by atoms with Crippen LogP contribution in [-0.4, -0.2) is 16.2 Å². The van der Waals surface area contributed by atoms with E-state index in [1.54, 1.807) is 0 Å². The third-order valence-electron chi connectivity index (χ3n) is 3.92. The van der Waals surface area contributed by atoms with Crippen molar-refractivity contribution in [1.82, 2.24) is 4.98 Å². The van der Waals surface area contributed by atoms with Crippen molar-refractivity contribution in [3.63, 3.8) is 0 Å². The fraction of sp³-hybridized carbons (Fsp3) is 0.333. The van der Waals surface area contributed by atoms with E-state index in [2.05, 4.69) is 56.1 Å². The summed E-state index contributed by atoms with van der Waals surface area (Å²) in [6.45, 7) is 8.53. The van der Waals surface area contributed by atoms with Gasteiger partial charge in [-0.15, -0.1) is 0 Å². The second kappa shape index (κ2) is 4.55. The Labute approximate surface area is 120 Å². The molecule has 20 heavy (non-hydrogen) atoms. The van der Waals surface area contributed by atoms with Crippen molar-refractivity contribution >= 4 is 5.71 Å². The molecule has 0 saturated heterocycles. The third-order valence-corrected chi connectivity index (χ3v) is 3.92. The van der Waals surface area contributed by atoms with Gasteiger partial charge < -0.3 is 0 Å². The minimum absolute atomic E-state index is 0.0531. The van der Waals surface area contributed by atoms with Crippen molar-refractivity contribution in [2.45, 2.75) is 39.7 Å². The molecule has 1 aromatic heterocycles. The van der Waals surface area contributed by atoms with E-state index in [1.807, 2.05) is 13.1 Å². The van der Waals surface area contributed by atoms with Crippen molar-refractivity contribution in [2.24, 2.45) is 4.99 Å². The van der Waals surface area contributed by atoms with Gasteiger partial charge in [-0.25, -0.2) is 0 Å². The van der Waals surface area contributed by atoms with E-state index in [9.17, 15) is 0 Å². The first-order valence-electron chi connectivity index (χ1n) is 7.08. The summed E-state index contributed by atoms with van der Waals surface area (Å²) in [6, 6.07) is 10.8. The van der Waals surface area contributed by atoms with Crippen LogP contribution >= 0.6 is 0 Å². The summed E-state index contributed by atoms with van der Waals surface area (Å²) in [4.78, 5) is 9.47. The lowest BCUT2D eigenvalue weighted by Gasteiger charge is -2.29. The van der Waals surface area contributed by atoms with E-state index >= 15 is 0 Å². The van der Waals surface area contributed by atoms with Crippen LogP contribution in [0.15, 0.2) is 41.5 Å². The Morgan fingerprint density at radius 2 is 1.85 bits per heavy atom.